The van der Waals surface area contributed by atoms with E-state index in [1.54, 1.807) is 6.92 Å². The van der Waals surface area contributed by atoms with Crippen LogP contribution in [0.15, 0.2) is 18.2 Å². The van der Waals surface area contributed by atoms with Crippen molar-refractivity contribution in [1.29, 1.82) is 0 Å². The highest BCUT2D eigenvalue weighted by Gasteiger charge is 2.25. The van der Waals surface area contributed by atoms with Gasteiger partial charge in [0, 0.05) is 5.56 Å². The minimum Gasteiger partial charge on any atom is -0.493 e. The van der Waals surface area contributed by atoms with Crippen LogP contribution < -0.4 is 10.1 Å². The zero-order valence-corrected chi connectivity index (χ0v) is 11.8. The maximum Gasteiger partial charge on any atom is 0.396 e. The molecule has 0 aliphatic carbocycles. The van der Waals surface area contributed by atoms with Gasteiger partial charge in [0.05, 0.1) is 19.3 Å². The lowest BCUT2D eigenvalue weighted by molar-refractivity contribution is -0.154. The Kier molecular flexibility index (Phi) is 4.61. The third-order valence-corrected chi connectivity index (χ3v) is 3.27. The van der Waals surface area contributed by atoms with Gasteiger partial charge in [0.2, 0.25) is 0 Å². The molecule has 1 aromatic carbocycles. The smallest absolute Gasteiger partial charge is 0.396 e. The highest BCUT2D eigenvalue weighted by atomic mass is 16.5. The normalized spacial score (nSPS) is 17.4. The number of esters is 1. The first-order chi connectivity index (χ1) is 9.63. The molecule has 108 valence electrons. The second-order valence-electron chi connectivity index (χ2n) is 4.73. The second kappa shape index (κ2) is 6.41. The lowest BCUT2D eigenvalue weighted by atomic mass is 10.00. The topological polar surface area (TPSA) is 64.6 Å². The Morgan fingerprint density at radius 1 is 1.45 bits per heavy atom. The van der Waals surface area contributed by atoms with Crippen molar-refractivity contribution in [2.45, 2.75) is 32.7 Å². The molecule has 1 N–H and O–H groups in total. The van der Waals surface area contributed by atoms with Gasteiger partial charge in [-0.05, 0) is 32.3 Å². The first-order valence-electron chi connectivity index (χ1n) is 6.83. The molecule has 1 atom stereocenters. The van der Waals surface area contributed by atoms with Crippen molar-refractivity contribution >= 4 is 11.9 Å². The number of hydrogen-bond acceptors (Lipinski definition) is 4. The van der Waals surface area contributed by atoms with Gasteiger partial charge >= 0.3 is 11.9 Å². The van der Waals surface area contributed by atoms with E-state index in [1.165, 1.54) is 0 Å². The fourth-order valence-corrected chi connectivity index (χ4v) is 2.33. The van der Waals surface area contributed by atoms with E-state index < -0.39 is 11.9 Å². The summed E-state index contributed by atoms with van der Waals surface area (Å²) in [6, 6.07) is 5.59. The van der Waals surface area contributed by atoms with Crippen LogP contribution in [0.2, 0.25) is 0 Å². The zero-order chi connectivity index (χ0) is 14.5. The first kappa shape index (κ1) is 14.4. The van der Waals surface area contributed by atoms with E-state index in [0.29, 0.717) is 6.61 Å². The first-order valence-corrected chi connectivity index (χ1v) is 6.83. The van der Waals surface area contributed by atoms with Crippen molar-refractivity contribution in [2.75, 3.05) is 13.2 Å². The molecule has 0 radical (unpaired) electrons. The van der Waals surface area contributed by atoms with Crippen LogP contribution in [-0.2, 0) is 14.3 Å². The Labute approximate surface area is 118 Å². The molecule has 1 unspecified atom stereocenters. The number of nitrogens with one attached hydrogen (secondary N) is 1. The summed E-state index contributed by atoms with van der Waals surface area (Å²) in [7, 11) is 0. The number of ether oxygens (including phenoxy) is 2. The summed E-state index contributed by atoms with van der Waals surface area (Å²) in [5.74, 6) is -0.739. The average molecular weight is 277 g/mol. The van der Waals surface area contributed by atoms with Crippen LogP contribution in [-0.4, -0.2) is 25.1 Å². The van der Waals surface area contributed by atoms with E-state index in [2.05, 4.69) is 5.32 Å². The van der Waals surface area contributed by atoms with Crippen molar-refractivity contribution in [3.8, 4) is 5.75 Å². The fraction of sp³-hybridized carbons (Fsp3) is 0.467. The maximum absolute atomic E-state index is 11.8. The monoisotopic (exact) mass is 277 g/mol. The maximum atomic E-state index is 11.8. The highest BCUT2D eigenvalue weighted by Crippen LogP contribution is 2.33. The van der Waals surface area contributed by atoms with Crippen LogP contribution in [0.1, 0.15) is 36.9 Å². The number of carbonyl (C=O) groups is 2. The third kappa shape index (κ3) is 3.10. The summed E-state index contributed by atoms with van der Waals surface area (Å²) in [5, 5.41) is 2.73. The lowest BCUT2D eigenvalue weighted by Gasteiger charge is -2.18. The number of para-hydroxylation sites is 1. The van der Waals surface area contributed by atoms with Crippen molar-refractivity contribution in [3.63, 3.8) is 0 Å². The molecule has 0 aromatic heterocycles. The van der Waals surface area contributed by atoms with Crippen molar-refractivity contribution in [1.82, 2.24) is 5.32 Å². The number of fused-ring (bicyclic) bond motifs is 1. The van der Waals surface area contributed by atoms with Crippen molar-refractivity contribution in [3.05, 3.63) is 29.3 Å². The molecule has 0 bridgehead atoms. The molecule has 1 amide bonds. The van der Waals surface area contributed by atoms with Crippen molar-refractivity contribution in [2.24, 2.45) is 0 Å². The molecule has 1 aliphatic heterocycles. The summed E-state index contributed by atoms with van der Waals surface area (Å²) in [6.07, 6.45) is 1.56. The van der Waals surface area contributed by atoms with Gasteiger partial charge < -0.3 is 14.8 Å². The molecule has 0 spiro atoms. The SMILES string of the molecule is CCOC(=O)C(=O)NC1CCCOc2c(C)cccc21. The van der Waals surface area contributed by atoms with Crippen LogP contribution in [0.5, 0.6) is 5.75 Å². The Bertz CT molecular complexity index is 513. The summed E-state index contributed by atoms with van der Waals surface area (Å²) in [6.45, 7) is 4.44. The molecular weight excluding hydrogens is 258 g/mol. The van der Waals surface area contributed by atoms with Gasteiger partial charge in [0.15, 0.2) is 0 Å². The number of benzene rings is 1. The van der Waals surface area contributed by atoms with Crippen molar-refractivity contribution < 1.29 is 19.1 Å². The van der Waals surface area contributed by atoms with Gasteiger partial charge in [-0.3, -0.25) is 4.79 Å². The number of rotatable bonds is 2. The summed E-state index contributed by atoms with van der Waals surface area (Å²) < 4.78 is 10.4. The van der Waals surface area contributed by atoms with Crippen LogP contribution in [0.3, 0.4) is 0 Å². The Morgan fingerprint density at radius 2 is 2.25 bits per heavy atom. The second-order valence-corrected chi connectivity index (χ2v) is 4.73. The average Bonchev–Trinajstić information content (AvgIpc) is 2.63. The largest absolute Gasteiger partial charge is 0.493 e. The van der Waals surface area contributed by atoms with Gasteiger partial charge in [-0.15, -0.1) is 0 Å². The van der Waals surface area contributed by atoms with E-state index in [0.717, 1.165) is 29.7 Å². The van der Waals surface area contributed by atoms with Crippen LogP contribution in [0.4, 0.5) is 0 Å². The summed E-state index contributed by atoms with van der Waals surface area (Å²) >= 11 is 0. The number of amides is 1. The molecule has 0 saturated carbocycles. The van der Waals surface area contributed by atoms with Crippen LogP contribution >= 0.6 is 0 Å². The molecule has 0 saturated heterocycles. The Morgan fingerprint density at radius 3 is 3.00 bits per heavy atom. The standard InChI is InChI=1S/C15H19NO4/c1-3-19-15(18)14(17)16-12-8-5-9-20-13-10(2)6-4-7-11(12)13/h4,6-7,12H,3,5,8-9H2,1-2H3,(H,16,17). The molecule has 5 nitrogen and oxygen atoms in total. The minimum atomic E-state index is -0.841. The van der Waals surface area contributed by atoms with Crippen LogP contribution in [0, 0.1) is 6.92 Å². The molecular formula is C15H19NO4. The molecule has 5 heteroatoms. The molecule has 2 rings (SSSR count). The molecule has 0 fully saturated rings. The van der Waals surface area contributed by atoms with Gasteiger partial charge in [0.25, 0.3) is 0 Å². The minimum absolute atomic E-state index is 0.190. The predicted octanol–water partition coefficient (Wildman–Crippen LogP) is 1.89. The highest BCUT2D eigenvalue weighted by molar-refractivity contribution is 6.32. The quantitative estimate of drug-likeness (QED) is 0.662. The molecule has 1 heterocycles. The molecule has 1 aromatic rings. The third-order valence-electron chi connectivity index (χ3n) is 3.27. The van der Waals surface area contributed by atoms with Gasteiger partial charge in [-0.25, -0.2) is 4.79 Å². The number of hydrogen-bond donors (Lipinski definition) is 1. The molecule has 1 aliphatic rings. The van der Waals surface area contributed by atoms with E-state index in [1.807, 2.05) is 25.1 Å². The Balaban J connectivity index is 2.19. The Hall–Kier alpha value is -2.04. The summed E-state index contributed by atoms with van der Waals surface area (Å²) in [4.78, 5) is 23.2. The fourth-order valence-electron chi connectivity index (χ4n) is 2.33. The van der Waals surface area contributed by atoms with E-state index >= 15 is 0 Å². The van der Waals surface area contributed by atoms with Gasteiger partial charge in [-0.1, -0.05) is 18.2 Å². The zero-order valence-electron chi connectivity index (χ0n) is 11.8. The number of carbonyl (C=O) groups excluding carboxylic acids is 2. The van der Waals surface area contributed by atoms with Gasteiger partial charge in [0.1, 0.15) is 5.75 Å². The van der Waals surface area contributed by atoms with E-state index in [9.17, 15) is 9.59 Å². The van der Waals surface area contributed by atoms with E-state index in [-0.39, 0.29) is 12.6 Å². The van der Waals surface area contributed by atoms with Gasteiger partial charge in [-0.2, -0.15) is 0 Å². The lowest BCUT2D eigenvalue weighted by Crippen LogP contribution is -2.35. The molecule has 20 heavy (non-hydrogen) atoms. The predicted molar refractivity (Wildman–Crippen MR) is 73.4 cm³/mol. The van der Waals surface area contributed by atoms with E-state index in [4.69, 9.17) is 9.47 Å². The number of aryl methyl sites for hydroxylation is 1. The summed E-state index contributed by atoms with van der Waals surface area (Å²) in [5.41, 5.74) is 1.94. The van der Waals surface area contributed by atoms with Crippen LogP contribution in [0.25, 0.3) is 0 Å².